The highest BCUT2D eigenvalue weighted by molar-refractivity contribution is 6.42. The van der Waals surface area contributed by atoms with E-state index in [1.807, 2.05) is 0 Å². The smallest absolute Gasteiger partial charge is 0.259 e. The summed E-state index contributed by atoms with van der Waals surface area (Å²) in [6, 6.07) is 12.4. The lowest BCUT2D eigenvalue weighted by Gasteiger charge is -2.03. The maximum Gasteiger partial charge on any atom is 0.259 e. The Kier molecular flexibility index (Phi) is 4.60. The maximum atomic E-state index is 13.2. The molecule has 0 radical (unpaired) electrons. The summed E-state index contributed by atoms with van der Waals surface area (Å²) in [4.78, 5) is 12.4. The predicted octanol–water partition coefficient (Wildman–Crippen LogP) is 5.95. The molecule has 1 heterocycles. The van der Waals surface area contributed by atoms with Crippen LogP contribution in [0.15, 0.2) is 52.9 Å². The quantitative estimate of drug-likeness (QED) is 0.624. The van der Waals surface area contributed by atoms with Crippen molar-refractivity contribution < 1.29 is 13.6 Å². The molecule has 24 heavy (non-hydrogen) atoms. The van der Waals surface area contributed by atoms with E-state index in [1.54, 1.807) is 37.3 Å². The van der Waals surface area contributed by atoms with Crippen LogP contribution in [0.2, 0.25) is 10.0 Å². The van der Waals surface area contributed by atoms with Gasteiger partial charge in [-0.1, -0.05) is 29.3 Å². The number of rotatable bonds is 3. The molecule has 0 aliphatic carbocycles. The van der Waals surface area contributed by atoms with Crippen LogP contribution < -0.4 is 5.32 Å². The van der Waals surface area contributed by atoms with Crippen LogP contribution in [0, 0.1) is 12.7 Å². The molecule has 0 fully saturated rings. The lowest BCUT2D eigenvalue weighted by atomic mass is 10.1. The average molecular weight is 364 g/mol. The van der Waals surface area contributed by atoms with Crippen LogP contribution in [0.4, 0.5) is 10.1 Å². The molecule has 0 bridgehead atoms. The number of carbonyl (C=O) groups excluding carboxylic acids is 1. The van der Waals surface area contributed by atoms with Gasteiger partial charge in [-0.25, -0.2) is 4.39 Å². The normalized spacial score (nSPS) is 10.7. The predicted molar refractivity (Wildman–Crippen MR) is 93.3 cm³/mol. The zero-order chi connectivity index (χ0) is 17.3. The highest BCUT2D eigenvalue weighted by atomic mass is 35.5. The number of carbonyl (C=O) groups is 1. The van der Waals surface area contributed by atoms with Crippen LogP contribution >= 0.6 is 23.2 Å². The first-order valence-electron chi connectivity index (χ1n) is 7.07. The summed E-state index contributed by atoms with van der Waals surface area (Å²) in [5, 5.41) is 3.47. The number of halogens is 3. The van der Waals surface area contributed by atoms with Crippen LogP contribution in [0.3, 0.4) is 0 Å². The van der Waals surface area contributed by atoms with E-state index in [2.05, 4.69) is 5.32 Å². The SMILES string of the molecule is Cc1oc(-c2ccc(Cl)c(Cl)c2)cc1C(=O)Nc1cccc(F)c1. The van der Waals surface area contributed by atoms with E-state index >= 15 is 0 Å². The summed E-state index contributed by atoms with van der Waals surface area (Å²) >= 11 is 11.9. The Morgan fingerprint density at radius 3 is 2.58 bits per heavy atom. The van der Waals surface area contributed by atoms with Crippen molar-refractivity contribution in [2.75, 3.05) is 5.32 Å². The second kappa shape index (κ2) is 6.67. The van der Waals surface area contributed by atoms with Gasteiger partial charge in [-0.05, 0) is 49.4 Å². The molecule has 122 valence electrons. The van der Waals surface area contributed by atoms with Gasteiger partial charge in [0.25, 0.3) is 5.91 Å². The Morgan fingerprint density at radius 2 is 1.88 bits per heavy atom. The molecule has 2 aromatic carbocycles. The molecular formula is C18H12Cl2FNO2. The van der Waals surface area contributed by atoms with Gasteiger partial charge in [0.1, 0.15) is 17.3 Å². The number of nitrogens with one attached hydrogen (secondary N) is 1. The van der Waals surface area contributed by atoms with E-state index in [1.165, 1.54) is 18.2 Å². The molecule has 6 heteroatoms. The fraction of sp³-hybridized carbons (Fsp3) is 0.0556. The van der Waals surface area contributed by atoms with Gasteiger partial charge in [0.05, 0.1) is 15.6 Å². The van der Waals surface area contributed by atoms with Crippen LogP contribution in [-0.4, -0.2) is 5.91 Å². The number of hydrogen-bond donors (Lipinski definition) is 1. The number of furan rings is 1. The van der Waals surface area contributed by atoms with Crippen molar-refractivity contribution in [2.24, 2.45) is 0 Å². The monoisotopic (exact) mass is 363 g/mol. The minimum absolute atomic E-state index is 0.361. The van der Waals surface area contributed by atoms with E-state index in [0.717, 1.165) is 0 Å². The average Bonchev–Trinajstić information content (AvgIpc) is 2.92. The molecule has 0 unspecified atom stereocenters. The highest BCUT2D eigenvalue weighted by Gasteiger charge is 2.17. The van der Waals surface area contributed by atoms with E-state index in [4.69, 9.17) is 27.6 Å². The van der Waals surface area contributed by atoms with Gasteiger partial charge in [0.2, 0.25) is 0 Å². The van der Waals surface area contributed by atoms with Crippen LogP contribution in [0.25, 0.3) is 11.3 Å². The van der Waals surface area contributed by atoms with E-state index in [-0.39, 0.29) is 5.91 Å². The summed E-state index contributed by atoms with van der Waals surface area (Å²) in [5.41, 5.74) is 1.44. The summed E-state index contributed by atoms with van der Waals surface area (Å²) in [6.45, 7) is 1.68. The number of benzene rings is 2. The molecule has 3 rings (SSSR count). The van der Waals surface area contributed by atoms with Gasteiger partial charge in [0.15, 0.2) is 0 Å². The van der Waals surface area contributed by atoms with Crippen molar-refractivity contribution in [3.8, 4) is 11.3 Å². The molecule has 1 N–H and O–H groups in total. The summed E-state index contributed by atoms with van der Waals surface area (Å²) in [5.74, 6) is 0.141. The molecule has 0 saturated carbocycles. The molecule has 1 aromatic heterocycles. The van der Waals surface area contributed by atoms with Crippen molar-refractivity contribution in [1.29, 1.82) is 0 Å². The van der Waals surface area contributed by atoms with Gasteiger partial charge in [-0.3, -0.25) is 4.79 Å². The van der Waals surface area contributed by atoms with Gasteiger partial charge < -0.3 is 9.73 Å². The number of aryl methyl sites for hydroxylation is 1. The Hall–Kier alpha value is -2.30. The molecule has 3 aromatic rings. The van der Waals surface area contributed by atoms with Crippen LogP contribution in [-0.2, 0) is 0 Å². The third-order valence-corrected chi connectivity index (χ3v) is 4.19. The van der Waals surface area contributed by atoms with E-state index in [0.29, 0.717) is 38.4 Å². The zero-order valence-electron chi connectivity index (χ0n) is 12.6. The molecular weight excluding hydrogens is 352 g/mol. The second-order valence-corrected chi connectivity index (χ2v) is 5.99. The molecule has 0 saturated heterocycles. The molecule has 0 atom stereocenters. The largest absolute Gasteiger partial charge is 0.461 e. The number of amides is 1. The summed E-state index contributed by atoms with van der Waals surface area (Å²) < 4.78 is 18.8. The van der Waals surface area contributed by atoms with Crippen molar-refractivity contribution in [3.63, 3.8) is 0 Å². The standard InChI is InChI=1S/C18H12Cl2FNO2/c1-10-14(18(23)22-13-4-2-3-12(21)8-13)9-17(24-10)11-5-6-15(19)16(20)7-11/h2-9H,1H3,(H,22,23). The lowest BCUT2D eigenvalue weighted by Crippen LogP contribution is -2.12. The summed E-state index contributed by atoms with van der Waals surface area (Å²) in [7, 11) is 0. The summed E-state index contributed by atoms with van der Waals surface area (Å²) in [6.07, 6.45) is 0. The molecule has 0 aliphatic rings. The van der Waals surface area contributed by atoms with Gasteiger partial charge >= 0.3 is 0 Å². The van der Waals surface area contributed by atoms with Crippen molar-refractivity contribution in [2.45, 2.75) is 6.92 Å². The topological polar surface area (TPSA) is 42.2 Å². The molecule has 1 amide bonds. The first-order valence-corrected chi connectivity index (χ1v) is 7.82. The minimum atomic E-state index is -0.423. The van der Waals surface area contributed by atoms with Gasteiger partial charge in [0, 0.05) is 11.3 Å². The van der Waals surface area contributed by atoms with E-state index in [9.17, 15) is 9.18 Å². The fourth-order valence-electron chi connectivity index (χ4n) is 2.26. The molecule has 0 aliphatic heterocycles. The molecule has 0 spiro atoms. The first-order chi connectivity index (χ1) is 11.4. The fourth-order valence-corrected chi connectivity index (χ4v) is 2.56. The lowest BCUT2D eigenvalue weighted by molar-refractivity contribution is 0.102. The Bertz CT molecular complexity index is 921. The number of hydrogen-bond acceptors (Lipinski definition) is 2. The van der Waals surface area contributed by atoms with Gasteiger partial charge in [-0.2, -0.15) is 0 Å². The minimum Gasteiger partial charge on any atom is -0.461 e. The highest BCUT2D eigenvalue weighted by Crippen LogP contribution is 2.31. The Balaban J connectivity index is 1.88. The third-order valence-electron chi connectivity index (χ3n) is 3.45. The van der Waals surface area contributed by atoms with Gasteiger partial charge in [-0.15, -0.1) is 0 Å². The Morgan fingerprint density at radius 1 is 1.08 bits per heavy atom. The molecule has 3 nitrogen and oxygen atoms in total. The van der Waals surface area contributed by atoms with E-state index < -0.39 is 5.82 Å². The third kappa shape index (κ3) is 3.45. The van der Waals surface area contributed by atoms with Crippen molar-refractivity contribution in [3.05, 3.63) is 75.7 Å². The Labute approximate surface area is 148 Å². The van der Waals surface area contributed by atoms with Crippen LogP contribution in [0.5, 0.6) is 0 Å². The maximum absolute atomic E-state index is 13.2. The van der Waals surface area contributed by atoms with Crippen LogP contribution in [0.1, 0.15) is 16.1 Å². The van der Waals surface area contributed by atoms with Crippen molar-refractivity contribution >= 4 is 34.8 Å². The first kappa shape index (κ1) is 16.6. The zero-order valence-corrected chi connectivity index (χ0v) is 14.1. The van der Waals surface area contributed by atoms with Crippen molar-refractivity contribution in [1.82, 2.24) is 0 Å². The second-order valence-electron chi connectivity index (χ2n) is 5.17. The number of anilines is 1.